The van der Waals surface area contributed by atoms with Crippen LogP contribution in [-0.4, -0.2) is 29.7 Å². The Kier molecular flexibility index (Phi) is 3.41. The highest BCUT2D eigenvalue weighted by Crippen LogP contribution is 2.31. The van der Waals surface area contributed by atoms with E-state index in [1.165, 1.54) is 6.92 Å². The number of nitrogens with zero attached hydrogens (tertiary/aromatic N) is 3. The molecule has 18 heavy (non-hydrogen) atoms. The summed E-state index contributed by atoms with van der Waals surface area (Å²) in [5.41, 5.74) is -0.950. The molecule has 0 bridgehead atoms. The third kappa shape index (κ3) is 2.70. The highest BCUT2D eigenvalue weighted by atomic mass is 19.4. The molecule has 1 saturated heterocycles. The molecule has 1 unspecified atom stereocenters. The van der Waals surface area contributed by atoms with Crippen molar-refractivity contribution in [2.45, 2.75) is 19.5 Å². The molecule has 1 fully saturated rings. The van der Waals surface area contributed by atoms with Crippen molar-refractivity contribution in [3.05, 3.63) is 17.6 Å². The van der Waals surface area contributed by atoms with E-state index in [-0.39, 0.29) is 17.6 Å². The lowest BCUT2D eigenvalue weighted by atomic mass is 10.1. The SMILES string of the molecule is Cc1nc(N2CCC(CF)C2)cc(C(F)(F)F)n1. The van der Waals surface area contributed by atoms with Gasteiger partial charge in [-0.05, 0) is 13.3 Å². The third-order valence-electron chi connectivity index (χ3n) is 2.94. The third-order valence-corrected chi connectivity index (χ3v) is 2.94. The maximum atomic E-state index is 12.6. The van der Waals surface area contributed by atoms with Crippen LogP contribution in [0.1, 0.15) is 17.9 Å². The molecule has 0 radical (unpaired) electrons. The Morgan fingerprint density at radius 3 is 2.67 bits per heavy atom. The number of hydrogen-bond donors (Lipinski definition) is 0. The van der Waals surface area contributed by atoms with E-state index >= 15 is 0 Å². The molecule has 2 heterocycles. The summed E-state index contributed by atoms with van der Waals surface area (Å²) in [6.45, 7) is 1.90. The number of halogens is 4. The molecule has 100 valence electrons. The van der Waals surface area contributed by atoms with E-state index in [1.807, 2.05) is 0 Å². The molecular formula is C11H13F4N3. The van der Waals surface area contributed by atoms with Crippen LogP contribution in [0.3, 0.4) is 0 Å². The zero-order valence-electron chi connectivity index (χ0n) is 9.84. The fourth-order valence-electron chi connectivity index (χ4n) is 2.03. The smallest absolute Gasteiger partial charge is 0.356 e. The van der Waals surface area contributed by atoms with E-state index in [1.54, 1.807) is 4.90 Å². The summed E-state index contributed by atoms with van der Waals surface area (Å²) in [6.07, 6.45) is -3.84. The second-order valence-corrected chi connectivity index (χ2v) is 4.41. The Morgan fingerprint density at radius 2 is 2.11 bits per heavy atom. The van der Waals surface area contributed by atoms with Crippen molar-refractivity contribution in [3.8, 4) is 0 Å². The second-order valence-electron chi connectivity index (χ2n) is 4.41. The van der Waals surface area contributed by atoms with Gasteiger partial charge in [-0.15, -0.1) is 0 Å². The quantitative estimate of drug-likeness (QED) is 0.768. The molecule has 2 rings (SSSR count). The predicted octanol–water partition coefficient (Wildman–Crippen LogP) is 2.60. The van der Waals surface area contributed by atoms with E-state index in [0.717, 1.165) is 6.07 Å². The Morgan fingerprint density at radius 1 is 1.39 bits per heavy atom. The molecule has 7 heteroatoms. The van der Waals surface area contributed by atoms with Crippen LogP contribution in [0.25, 0.3) is 0 Å². The van der Waals surface area contributed by atoms with Gasteiger partial charge in [-0.25, -0.2) is 9.97 Å². The molecule has 1 aliphatic heterocycles. The van der Waals surface area contributed by atoms with Crippen LogP contribution in [0.4, 0.5) is 23.4 Å². The maximum absolute atomic E-state index is 12.6. The van der Waals surface area contributed by atoms with Gasteiger partial charge in [0.15, 0.2) is 0 Å². The average molecular weight is 263 g/mol. The van der Waals surface area contributed by atoms with Gasteiger partial charge in [0.1, 0.15) is 17.3 Å². The minimum atomic E-state index is -4.48. The van der Waals surface area contributed by atoms with Gasteiger partial charge in [0.2, 0.25) is 0 Å². The zero-order valence-corrected chi connectivity index (χ0v) is 9.84. The standard InChI is InChI=1S/C11H13F4N3/c1-7-16-9(11(13,14)15)4-10(17-7)18-3-2-8(5-12)6-18/h4,8H,2-3,5-6H2,1H3. The normalized spacial score (nSPS) is 20.5. The first-order valence-electron chi connectivity index (χ1n) is 5.64. The molecule has 0 N–H and O–H groups in total. The van der Waals surface area contributed by atoms with E-state index in [9.17, 15) is 17.6 Å². The van der Waals surface area contributed by atoms with Gasteiger partial charge in [0.05, 0.1) is 6.67 Å². The van der Waals surface area contributed by atoms with Crippen molar-refractivity contribution in [3.63, 3.8) is 0 Å². The monoisotopic (exact) mass is 263 g/mol. The molecule has 0 saturated carbocycles. The highest BCUT2D eigenvalue weighted by Gasteiger charge is 2.34. The van der Waals surface area contributed by atoms with Crippen molar-refractivity contribution in [1.29, 1.82) is 0 Å². The van der Waals surface area contributed by atoms with E-state index in [2.05, 4.69) is 9.97 Å². The molecule has 0 amide bonds. The van der Waals surface area contributed by atoms with Gasteiger partial charge >= 0.3 is 6.18 Å². The summed E-state index contributed by atoms with van der Waals surface area (Å²) in [7, 11) is 0. The van der Waals surface area contributed by atoms with E-state index in [0.29, 0.717) is 19.5 Å². The Bertz CT molecular complexity index is 433. The first-order chi connectivity index (χ1) is 8.40. The number of hydrogen-bond acceptors (Lipinski definition) is 3. The summed E-state index contributed by atoms with van der Waals surface area (Å²) in [5, 5.41) is 0. The number of aromatic nitrogens is 2. The van der Waals surface area contributed by atoms with Crippen molar-refractivity contribution in [1.82, 2.24) is 9.97 Å². The van der Waals surface area contributed by atoms with Crippen molar-refractivity contribution >= 4 is 5.82 Å². The Hall–Kier alpha value is -1.40. The van der Waals surface area contributed by atoms with Crippen molar-refractivity contribution < 1.29 is 17.6 Å². The van der Waals surface area contributed by atoms with Gasteiger partial charge in [-0.3, -0.25) is 4.39 Å². The molecule has 0 aliphatic carbocycles. The lowest BCUT2D eigenvalue weighted by molar-refractivity contribution is -0.141. The summed E-state index contributed by atoms with van der Waals surface area (Å²) < 4.78 is 50.3. The lowest BCUT2D eigenvalue weighted by Gasteiger charge is -2.18. The summed E-state index contributed by atoms with van der Waals surface area (Å²) in [5.74, 6) is 0.184. The van der Waals surface area contributed by atoms with Crippen LogP contribution >= 0.6 is 0 Å². The van der Waals surface area contributed by atoms with Gasteiger partial charge in [-0.1, -0.05) is 0 Å². The van der Waals surface area contributed by atoms with Gasteiger partial charge in [0, 0.05) is 25.1 Å². The summed E-state index contributed by atoms with van der Waals surface area (Å²) >= 11 is 0. The number of alkyl halides is 4. The number of anilines is 1. The first kappa shape index (κ1) is 13.0. The molecule has 3 nitrogen and oxygen atoms in total. The highest BCUT2D eigenvalue weighted by molar-refractivity contribution is 5.41. The zero-order chi connectivity index (χ0) is 13.3. The number of rotatable bonds is 2. The molecule has 0 spiro atoms. The van der Waals surface area contributed by atoms with Crippen LogP contribution in [0.15, 0.2) is 6.07 Å². The Labute approximate surface area is 102 Å². The molecular weight excluding hydrogens is 250 g/mol. The topological polar surface area (TPSA) is 29.0 Å². The molecule has 1 aliphatic rings. The average Bonchev–Trinajstić information content (AvgIpc) is 2.75. The van der Waals surface area contributed by atoms with Crippen LogP contribution < -0.4 is 4.90 Å². The molecule has 1 atom stereocenters. The van der Waals surface area contributed by atoms with Crippen LogP contribution in [-0.2, 0) is 6.18 Å². The van der Waals surface area contributed by atoms with E-state index in [4.69, 9.17) is 0 Å². The fourth-order valence-corrected chi connectivity index (χ4v) is 2.03. The Balaban J connectivity index is 2.26. The van der Waals surface area contributed by atoms with Crippen molar-refractivity contribution in [2.75, 3.05) is 24.7 Å². The lowest BCUT2D eigenvalue weighted by Crippen LogP contribution is -2.23. The van der Waals surface area contributed by atoms with Gasteiger partial charge in [-0.2, -0.15) is 13.2 Å². The maximum Gasteiger partial charge on any atom is 0.433 e. The number of aryl methyl sites for hydroxylation is 1. The summed E-state index contributed by atoms with van der Waals surface area (Å²) in [4.78, 5) is 9.04. The first-order valence-corrected chi connectivity index (χ1v) is 5.64. The summed E-state index contributed by atoms with van der Waals surface area (Å²) in [6, 6.07) is 0.924. The van der Waals surface area contributed by atoms with Gasteiger partial charge in [0.25, 0.3) is 0 Å². The second kappa shape index (κ2) is 4.70. The van der Waals surface area contributed by atoms with Crippen LogP contribution in [0.2, 0.25) is 0 Å². The largest absolute Gasteiger partial charge is 0.433 e. The molecule has 1 aromatic heterocycles. The minimum Gasteiger partial charge on any atom is -0.356 e. The predicted molar refractivity (Wildman–Crippen MR) is 58.1 cm³/mol. The fraction of sp³-hybridized carbons (Fsp3) is 0.636. The van der Waals surface area contributed by atoms with Gasteiger partial charge < -0.3 is 4.90 Å². The van der Waals surface area contributed by atoms with Crippen LogP contribution in [0.5, 0.6) is 0 Å². The van der Waals surface area contributed by atoms with Crippen molar-refractivity contribution in [2.24, 2.45) is 5.92 Å². The molecule has 0 aromatic carbocycles. The van der Waals surface area contributed by atoms with Crippen LogP contribution in [0, 0.1) is 12.8 Å². The van der Waals surface area contributed by atoms with E-state index < -0.39 is 18.5 Å². The molecule has 1 aromatic rings. The minimum absolute atomic E-state index is 0.0727.